The lowest BCUT2D eigenvalue weighted by Crippen LogP contribution is -1.98. The summed E-state index contributed by atoms with van der Waals surface area (Å²) in [6, 6.07) is 4.01. The van der Waals surface area contributed by atoms with Crippen molar-refractivity contribution in [2.75, 3.05) is 14.2 Å². The van der Waals surface area contributed by atoms with Crippen LogP contribution in [0.5, 0.6) is 11.5 Å². The molecular formula is C17H27ClO2. The van der Waals surface area contributed by atoms with Crippen LogP contribution >= 0.6 is 11.6 Å². The summed E-state index contributed by atoms with van der Waals surface area (Å²) < 4.78 is 10.7. The first-order valence-corrected chi connectivity index (χ1v) is 7.94. The molecule has 0 aliphatic heterocycles. The van der Waals surface area contributed by atoms with Crippen molar-refractivity contribution in [2.45, 2.75) is 57.7 Å². The standard InChI is InChI=1S/C17H27ClO2/c1-5-6-7-8-9-10-15(18)14-12-17(20-4)16(19-3)11-13(14)2/h11-12,15H,5-10H2,1-4H3. The van der Waals surface area contributed by atoms with E-state index in [0.29, 0.717) is 0 Å². The number of ether oxygens (including phenoxy) is 2. The summed E-state index contributed by atoms with van der Waals surface area (Å²) in [7, 11) is 3.31. The van der Waals surface area contributed by atoms with E-state index in [4.69, 9.17) is 21.1 Å². The van der Waals surface area contributed by atoms with Crippen molar-refractivity contribution in [1.82, 2.24) is 0 Å². The third-order valence-corrected chi connectivity index (χ3v) is 4.12. The van der Waals surface area contributed by atoms with Crippen molar-refractivity contribution in [3.63, 3.8) is 0 Å². The molecule has 0 aliphatic rings. The molecule has 0 saturated heterocycles. The highest BCUT2D eigenvalue weighted by atomic mass is 35.5. The van der Waals surface area contributed by atoms with E-state index < -0.39 is 0 Å². The largest absolute Gasteiger partial charge is 0.493 e. The number of halogens is 1. The van der Waals surface area contributed by atoms with E-state index in [2.05, 4.69) is 13.8 Å². The summed E-state index contributed by atoms with van der Waals surface area (Å²) >= 11 is 6.55. The normalized spacial score (nSPS) is 12.2. The fourth-order valence-corrected chi connectivity index (χ4v) is 2.81. The Labute approximate surface area is 128 Å². The predicted octanol–water partition coefficient (Wildman–Crippen LogP) is 5.65. The van der Waals surface area contributed by atoms with Crippen LogP contribution in [0.4, 0.5) is 0 Å². The highest BCUT2D eigenvalue weighted by Crippen LogP contribution is 2.37. The van der Waals surface area contributed by atoms with Crippen LogP contribution in [-0.4, -0.2) is 14.2 Å². The predicted molar refractivity (Wildman–Crippen MR) is 86.3 cm³/mol. The number of aryl methyl sites for hydroxylation is 1. The molecule has 114 valence electrons. The van der Waals surface area contributed by atoms with Gasteiger partial charge in [-0.2, -0.15) is 0 Å². The van der Waals surface area contributed by atoms with Crippen LogP contribution in [0.25, 0.3) is 0 Å². The Morgan fingerprint density at radius 2 is 1.60 bits per heavy atom. The number of rotatable bonds is 9. The number of methoxy groups -OCH3 is 2. The molecule has 0 bridgehead atoms. The lowest BCUT2D eigenvalue weighted by atomic mass is 10.00. The van der Waals surface area contributed by atoms with Gasteiger partial charge in [0.05, 0.1) is 19.6 Å². The topological polar surface area (TPSA) is 18.5 Å². The molecule has 1 aromatic carbocycles. The van der Waals surface area contributed by atoms with Gasteiger partial charge in [0.25, 0.3) is 0 Å². The average Bonchev–Trinajstić information content (AvgIpc) is 2.46. The van der Waals surface area contributed by atoms with Crippen LogP contribution < -0.4 is 9.47 Å². The van der Waals surface area contributed by atoms with Gasteiger partial charge in [-0.05, 0) is 36.6 Å². The van der Waals surface area contributed by atoms with Gasteiger partial charge < -0.3 is 9.47 Å². The van der Waals surface area contributed by atoms with Gasteiger partial charge in [-0.25, -0.2) is 0 Å². The van der Waals surface area contributed by atoms with E-state index in [1.54, 1.807) is 14.2 Å². The second-order valence-electron chi connectivity index (χ2n) is 5.23. The maximum absolute atomic E-state index is 6.55. The Morgan fingerprint density at radius 3 is 2.20 bits per heavy atom. The molecule has 0 aliphatic carbocycles. The van der Waals surface area contributed by atoms with Crippen molar-refractivity contribution < 1.29 is 9.47 Å². The summed E-state index contributed by atoms with van der Waals surface area (Å²) in [5.41, 5.74) is 2.32. The molecule has 0 fully saturated rings. The second kappa shape index (κ2) is 9.12. The third kappa shape index (κ3) is 4.90. The molecule has 3 heteroatoms. The minimum Gasteiger partial charge on any atom is -0.493 e. The van der Waals surface area contributed by atoms with Gasteiger partial charge in [0.2, 0.25) is 0 Å². The van der Waals surface area contributed by atoms with Gasteiger partial charge in [0, 0.05) is 0 Å². The van der Waals surface area contributed by atoms with Gasteiger partial charge in [-0.15, -0.1) is 11.6 Å². The highest BCUT2D eigenvalue weighted by Gasteiger charge is 2.15. The van der Waals surface area contributed by atoms with Gasteiger partial charge in [-0.1, -0.05) is 39.0 Å². The Bertz CT molecular complexity index is 404. The van der Waals surface area contributed by atoms with Crippen LogP contribution in [0.15, 0.2) is 12.1 Å². The summed E-state index contributed by atoms with van der Waals surface area (Å²) in [4.78, 5) is 0. The molecule has 0 spiro atoms. The Kier molecular flexibility index (Phi) is 7.83. The van der Waals surface area contributed by atoms with E-state index in [1.165, 1.54) is 32.1 Å². The summed E-state index contributed by atoms with van der Waals surface area (Å²) in [6.45, 7) is 4.31. The van der Waals surface area contributed by atoms with Crippen LogP contribution in [0, 0.1) is 6.92 Å². The molecule has 0 aromatic heterocycles. The van der Waals surface area contributed by atoms with E-state index >= 15 is 0 Å². The second-order valence-corrected chi connectivity index (χ2v) is 5.76. The zero-order valence-corrected chi connectivity index (χ0v) is 13.9. The Morgan fingerprint density at radius 1 is 1.00 bits per heavy atom. The molecule has 0 N–H and O–H groups in total. The van der Waals surface area contributed by atoms with Crippen LogP contribution in [0.3, 0.4) is 0 Å². The summed E-state index contributed by atoms with van der Waals surface area (Å²) in [5, 5.41) is 0.0523. The highest BCUT2D eigenvalue weighted by molar-refractivity contribution is 6.20. The van der Waals surface area contributed by atoms with E-state index in [-0.39, 0.29) is 5.38 Å². The van der Waals surface area contributed by atoms with Gasteiger partial charge in [0.1, 0.15) is 0 Å². The zero-order valence-electron chi connectivity index (χ0n) is 13.2. The molecule has 1 rings (SSSR count). The summed E-state index contributed by atoms with van der Waals surface area (Å²) in [5.74, 6) is 1.52. The number of unbranched alkanes of at least 4 members (excludes halogenated alkanes) is 4. The van der Waals surface area contributed by atoms with E-state index in [1.807, 2.05) is 12.1 Å². The minimum absolute atomic E-state index is 0.0523. The molecule has 1 aromatic rings. The van der Waals surface area contributed by atoms with Crippen LogP contribution in [0.2, 0.25) is 0 Å². The van der Waals surface area contributed by atoms with Crippen molar-refractivity contribution in [3.8, 4) is 11.5 Å². The van der Waals surface area contributed by atoms with Crippen molar-refractivity contribution in [1.29, 1.82) is 0 Å². The van der Waals surface area contributed by atoms with Crippen LogP contribution in [-0.2, 0) is 0 Å². The number of benzene rings is 1. The molecule has 1 unspecified atom stereocenters. The van der Waals surface area contributed by atoms with Crippen molar-refractivity contribution >= 4 is 11.6 Å². The molecule has 1 atom stereocenters. The zero-order chi connectivity index (χ0) is 15.0. The third-order valence-electron chi connectivity index (χ3n) is 3.67. The molecular weight excluding hydrogens is 272 g/mol. The molecule has 0 amide bonds. The Hall–Kier alpha value is -0.890. The lowest BCUT2D eigenvalue weighted by molar-refractivity contribution is 0.354. The van der Waals surface area contributed by atoms with Crippen LogP contribution in [0.1, 0.15) is 62.0 Å². The van der Waals surface area contributed by atoms with Crippen molar-refractivity contribution in [3.05, 3.63) is 23.3 Å². The van der Waals surface area contributed by atoms with Crippen molar-refractivity contribution in [2.24, 2.45) is 0 Å². The first-order valence-electron chi connectivity index (χ1n) is 7.50. The molecule has 0 heterocycles. The molecule has 0 saturated carbocycles. The smallest absolute Gasteiger partial charge is 0.161 e. The fourth-order valence-electron chi connectivity index (χ4n) is 2.42. The Balaban J connectivity index is 2.65. The molecule has 0 radical (unpaired) electrons. The fraction of sp³-hybridized carbons (Fsp3) is 0.647. The van der Waals surface area contributed by atoms with Gasteiger partial charge >= 0.3 is 0 Å². The van der Waals surface area contributed by atoms with E-state index in [0.717, 1.165) is 29.0 Å². The molecule has 20 heavy (non-hydrogen) atoms. The maximum Gasteiger partial charge on any atom is 0.161 e. The first-order chi connectivity index (χ1) is 9.63. The monoisotopic (exact) mass is 298 g/mol. The number of hydrogen-bond donors (Lipinski definition) is 0. The first kappa shape index (κ1) is 17.2. The maximum atomic E-state index is 6.55. The SMILES string of the molecule is CCCCCCCC(Cl)c1cc(OC)c(OC)cc1C. The average molecular weight is 299 g/mol. The lowest BCUT2D eigenvalue weighted by Gasteiger charge is -2.16. The molecule has 2 nitrogen and oxygen atoms in total. The van der Waals surface area contributed by atoms with E-state index in [9.17, 15) is 0 Å². The summed E-state index contributed by atoms with van der Waals surface area (Å²) in [6.07, 6.45) is 7.37. The minimum atomic E-state index is 0.0523. The number of alkyl halides is 1. The number of hydrogen-bond acceptors (Lipinski definition) is 2. The van der Waals surface area contributed by atoms with Gasteiger partial charge in [-0.3, -0.25) is 0 Å². The quantitative estimate of drug-likeness (QED) is 0.433. The van der Waals surface area contributed by atoms with Gasteiger partial charge in [0.15, 0.2) is 11.5 Å².